The molecule has 20 heavy (non-hydrogen) atoms. The Morgan fingerprint density at radius 3 is 2.70 bits per heavy atom. The number of carbonyl (C=O) groups is 1. The predicted molar refractivity (Wildman–Crippen MR) is 77.8 cm³/mol. The average molecular weight is 346 g/mol. The van der Waals surface area contributed by atoms with Crippen LogP contribution >= 0.6 is 15.9 Å². The molecule has 0 spiro atoms. The molecular weight excluding hydrogens is 328 g/mol. The van der Waals surface area contributed by atoms with Gasteiger partial charge >= 0.3 is 0 Å². The second-order valence-corrected chi connectivity index (χ2v) is 6.00. The standard InChI is InChI=1S/C15H18BrF2NO/c16-7-6-11-3-2-8-19(10-11)15(20)9-12-13(17)4-1-5-14(12)18/h1,4-5,11H,2-3,6-10H2. The van der Waals surface area contributed by atoms with Gasteiger partial charge in [0.05, 0.1) is 6.42 Å². The van der Waals surface area contributed by atoms with E-state index in [4.69, 9.17) is 0 Å². The largest absolute Gasteiger partial charge is 0.342 e. The van der Waals surface area contributed by atoms with Crippen LogP contribution in [0, 0.1) is 17.6 Å². The molecule has 0 saturated carbocycles. The lowest BCUT2D eigenvalue weighted by Gasteiger charge is -2.32. The molecule has 1 heterocycles. The first-order valence-electron chi connectivity index (χ1n) is 6.88. The molecule has 1 amide bonds. The molecule has 1 atom stereocenters. The predicted octanol–water partition coefficient (Wildman–Crippen LogP) is 3.53. The van der Waals surface area contributed by atoms with Crippen molar-refractivity contribution in [1.29, 1.82) is 0 Å². The summed E-state index contributed by atoms with van der Waals surface area (Å²) in [6.07, 6.45) is 2.91. The summed E-state index contributed by atoms with van der Waals surface area (Å²) in [6, 6.07) is 3.69. The molecule has 1 fully saturated rings. The summed E-state index contributed by atoms with van der Waals surface area (Å²) in [5.41, 5.74) is -0.125. The van der Waals surface area contributed by atoms with Gasteiger partial charge in [-0.2, -0.15) is 0 Å². The van der Waals surface area contributed by atoms with Crippen LogP contribution in [-0.2, 0) is 11.2 Å². The van der Waals surface area contributed by atoms with Crippen LogP contribution in [0.1, 0.15) is 24.8 Å². The minimum atomic E-state index is -0.646. The van der Waals surface area contributed by atoms with Gasteiger partial charge in [0.15, 0.2) is 0 Å². The van der Waals surface area contributed by atoms with Crippen molar-refractivity contribution in [3.05, 3.63) is 35.4 Å². The van der Waals surface area contributed by atoms with Crippen molar-refractivity contribution in [3.63, 3.8) is 0 Å². The second kappa shape index (κ2) is 7.16. The van der Waals surface area contributed by atoms with Crippen LogP contribution in [0.3, 0.4) is 0 Å². The van der Waals surface area contributed by atoms with Gasteiger partial charge in [0, 0.05) is 24.0 Å². The van der Waals surface area contributed by atoms with Crippen LogP contribution in [0.5, 0.6) is 0 Å². The van der Waals surface area contributed by atoms with Crippen LogP contribution in [0.25, 0.3) is 0 Å². The summed E-state index contributed by atoms with van der Waals surface area (Å²) in [5.74, 6) is -0.995. The number of alkyl halides is 1. The van der Waals surface area contributed by atoms with Gasteiger partial charge in [-0.05, 0) is 37.3 Å². The highest BCUT2D eigenvalue weighted by molar-refractivity contribution is 9.09. The van der Waals surface area contributed by atoms with Crippen molar-refractivity contribution in [2.75, 3.05) is 18.4 Å². The zero-order chi connectivity index (χ0) is 14.5. The van der Waals surface area contributed by atoms with Crippen LogP contribution in [0.15, 0.2) is 18.2 Å². The maximum atomic E-state index is 13.6. The Hall–Kier alpha value is -0.970. The van der Waals surface area contributed by atoms with Gasteiger partial charge in [0.25, 0.3) is 0 Å². The van der Waals surface area contributed by atoms with E-state index in [1.807, 2.05) is 0 Å². The van der Waals surface area contributed by atoms with Crippen LogP contribution in [-0.4, -0.2) is 29.2 Å². The Balaban J connectivity index is 2.01. The average Bonchev–Trinajstić information content (AvgIpc) is 2.43. The molecule has 0 N–H and O–H groups in total. The Bertz CT molecular complexity index is 459. The first-order valence-corrected chi connectivity index (χ1v) is 8.00. The third-order valence-corrected chi connectivity index (χ3v) is 4.24. The Morgan fingerprint density at radius 2 is 2.05 bits per heavy atom. The van der Waals surface area contributed by atoms with Crippen LogP contribution in [0.2, 0.25) is 0 Å². The smallest absolute Gasteiger partial charge is 0.227 e. The van der Waals surface area contributed by atoms with Gasteiger partial charge in [-0.1, -0.05) is 22.0 Å². The van der Waals surface area contributed by atoms with Crippen molar-refractivity contribution < 1.29 is 13.6 Å². The summed E-state index contributed by atoms with van der Waals surface area (Å²) in [4.78, 5) is 13.9. The Kier molecular flexibility index (Phi) is 5.52. The SMILES string of the molecule is O=C(Cc1c(F)cccc1F)N1CCCC(CCBr)C1. The highest BCUT2D eigenvalue weighted by atomic mass is 79.9. The van der Waals surface area contributed by atoms with E-state index in [1.54, 1.807) is 4.90 Å². The third kappa shape index (κ3) is 3.78. The van der Waals surface area contributed by atoms with Gasteiger partial charge in [-0.25, -0.2) is 8.78 Å². The van der Waals surface area contributed by atoms with Gasteiger partial charge in [-0.3, -0.25) is 4.79 Å². The fourth-order valence-corrected chi connectivity index (χ4v) is 3.29. The maximum absolute atomic E-state index is 13.6. The van der Waals surface area contributed by atoms with E-state index in [1.165, 1.54) is 18.2 Å². The number of benzene rings is 1. The number of hydrogen-bond donors (Lipinski definition) is 0. The number of likely N-dealkylation sites (tertiary alicyclic amines) is 1. The van der Waals surface area contributed by atoms with E-state index >= 15 is 0 Å². The van der Waals surface area contributed by atoms with E-state index in [0.717, 1.165) is 24.6 Å². The summed E-state index contributed by atoms with van der Waals surface area (Å²) in [5, 5.41) is 0.918. The van der Waals surface area contributed by atoms with Crippen molar-refractivity contribution >= 4 is 21.8 Å². The monoisotopic (exact) mass is 345 g/mol. The van der Waals surface area contributed by atoms with E-state index in [0.29, 0.717) is 19.0 Å². The van der Waals surface area contributed by atoms with Gasteiger partial charge in [0.2, 0.25) is 5.91 Å². The van der Waals surface area contributed by atoms with Crippen molar-refractivity contribution in [2.45, 2.75) is 25.7 Å². The first kappa shape index (κ1) is 15.4. The molecule has 1 aliphatic rings. The van der Waals surface area contributed by atoms with E-state index in [-0.39, 0.29) is 17.9 Å². The molecule has 2 nitrogen and oxygen atoms in total. The number of piperidine rings is 1. The second-order valence-electron chi connectivity index (χ2n) is 5.20. The van der Waals surface area contributed by atoms with Crippen LogP contribution < -0.4 is 0 Å². The summed E-state index contributed by atoms with van der Waals surface area (Å²) in [6.45, 7) is 1.38. The van der Waals surface area contributed by atoms with Crippen molar-refractivity contribution in [3.8, 4) is 0 Å². The minimum Gasteiger partial charge on any atom is -0.342 e. The summed E-state index contributed by atoms with van der Waals surface area (Å²) >= 11 is 3.41. The lowest BCUT2D eigenvalue weighted by atomic mass is 9.95. The summed E-state index contributed by atoms with van der Waals surface area (Å²) < 4.78 is 27.1. The highest BCUT2D eigenvalue weighted by Gasteiger charge is 2.24. The topological polar surface area (TPSA) is 20.3 Å². The first-order chi connectivity index (χ1) is 9.61. The Morgan fingerprint density at radius 1 is 1.35 bits per heavy atom. The van der Waals surface area contributed by atoms with Gasteiger partial charge < -0.3 is 4.90 Å². The molecule has 0 aliphatic carbocycles. The van der Waals surface area contributed by atoms with E-state index in [2.05, 4.69) is 15.9 Å². The zero-order valence-electron chi connectivity index (χ0n) is 11.2. The molecule has 1 aliphatic heterocycles. The van der Waals surface area contributed by atoms with Crippen molar-refractivity contribution in [1.82, 2.24) is 4.90 Å². The number of rotatable bonds is 4. The molecule has 0 radical (unpaired) electrons. The van der Waals surface area contributed by atoms with Gasteiger partial charge in [-0.15, -0.1) is 0 Å². The molecule has 1 aromatic carbocycles. The lowest BCUT2D eigenvalue weighted by molar-refractivity contribution is -0.132. The van der Waals surface area contributed by atoms with E-state index in [9.17, 15) is 13.6 Å². The van der Waals surface area contributed by atoms with Crippen LogP contribution in [0.4, 0.5) is 8.78 Å². The molecule has 5 heteroatoms. The summed E-state index contributed by atoms with van der Waals surface area (Å²) in [7, 11) is 0. The number of halogens is 3. The number of nitrogens with zero attached hydrogens (tertiary/aromatic N) is 1. The van der Waals surface area contributed by atoms with Gasteiger partial charge in [0.1, 0.15) is 11.6 Å². The number of carbonyl (C=O) groups excluding carboxylic acids is 1. The fraction of sp³-hybridized carbons (Fsp3) is 0.533. The zero-order valence-corrected chi connectivity index (χ0v) is 12.8. The molecule has 110 valence electrons. The fourth-order valence-electron chi connectivity index (χ4n) is 2.65. The lowest BCUT2D eigenvalue weighted by Crippen LogP contribution is -2.41. The quantitative estimate of drug-likeness (QED) is 0.764. The van der Waals surface area contributed by atoms with Crippen molar-refractivity contribution in [2.24, 2.45) is 5.92 Å². The number of amides is 1. The molecule has 1 aromatic rings. The normalized spacial score (nSPS) is 19.1. The Labute approximate surface area is 126 Å². The molecule has 1 saturated heterocycles. The molecule has 1 unspecified atom stereocenters. The molecular formula is C15H18BrF2NO. The van der Waals surface area contributed by atoms with E-state index < -0.39 is 11.6 Å². The third-order valence-electron chi connectivity index (χ3n) is 3.78. The minimum absolute atomic E-state index is 0.125. The molecule has 0 bridgehead atoms. The molecule has 2 rings (SSSR count). The highest BCUT2D eigenvalue weighted by Crippen LogP contribution is 2.22. The molecule has 0 aromatic heterocycles. The number of hydrogen-bond acceptors (Lipinski definition) is 1. The maximum Gasteiger partial charge on any atom is 0.227 e.